The third-order valence-corrected chi connectivity index (χ3v) is 5.68. The molecule has 0 bridgehead atoms. The van der Waals surface area contributed by atoms with Gasteiger partial charge in [-0.25, -0.2) is 0 Å². The van der Waals surface area contributed by atoms with Gasteiger partial charge in [0.05, 0.1) is 6.61 Å². The number of hydrogen-bond donors (Lipinski definition) is 1. The number of carboxylic acid groups (broad SMARTS) is 1. The van der Waals surface area contributed by atoms with Gasteiger partial charge in [0.2, 0.25) is 0 Å². The van der Waals surface area contributed by atoms with Crippen LogP contribution in [0.5, 0.6) is 0 Å². The molecule has 0 aliphatic heterocycles. The molecular weight excluding hydrogens is 404 g/mol. The molecule has 182 valence electrons. The van der Waals surface area contributed by atoms with Crippen molar-refractivity contribution in [3.05, 3.63) is 35.9 Å². The molecule has 0 fully saturated rings. The molecule has 0 spiro atoms. The maximum Gasteiger partial charge on any atom is 0.303 e. The normalized spacial score (nSPS) is 11.9. The average Bonchev–Trinajstić information content (AvgIpc) is 2.76. The van der Waals surface area contributed by atoms with E-state index in [0.717, 1.165) is 38.9 Å². The van der Waals surface area contributed by atoms with Crippen molar-refractivity contribution in [2.75, 3.05) is 6.61 Å². The van der Waals surface area contributed by atoms with Gasteiger partial charge >= 0.3 is 11.9 Å². The first-order valence-electron chi connectivity index (χ1n) is 12.6. The van der Waals surface area contributed by atoms with E-state index in [1.54, 1.807) is 0 Å². The molecule has 1 unspecified atom stereocenters. The zero-order valence-electron chi connectivity index (χ0n) is 20.1. The van der Waals surface area contributed by atoms with Crippen LogP contribution in [0.2, 0.25) is 0 Å². The van der Waals surface area contributed by atoms with Crippen LogP contribution in [0.4, 0.5) is 0 Å². The Morgan fingerprint density at radius 1 is 0.781 bits per heavy atom. The number of carboxylic acids is 1. The molecule has 0 aliphatic carbocycles. The van der Waals surface area contributed by atoms with Gasteiger partial charge in [-0.05, 0) is 37.7 Å². The largest absolute Gasteiger partial charge is 0.481 e. The van der Waals surface area contributed by atoms with E-state index in [2.05, 4.69) is 12.1 Å². The van der Waals surface area contributed by atoms with Crippen molar-refractivity contribution in [2.45, 2.75) is 116 Å². The van der Waals surface area contributed by atoms with Crippen LogP contribution in [-0.2, 0) is 25.7 Å². The van der Waals surface area contributed by atoms with E-state index in [-0.39, 0.29) is 18.5 Å². The van der Waals surface area contributed by atoms with Crippen LogP contribution in [0.3, 0.4) is 0 Å². The number of esters is 1. The molecule has 0 heterocycles. The molecule has 5 nitrogen and oxygen atoms in total. The van der Waals surface area contributed by atoms with Crippen LogP contribution >= 0.6 is 0 Å². The van der Waals surface area contributed by atoms with Gasteiger partial charge in [0, 0.05) is 20.0 Å². The lowest BCUT2D eigenvalue weighted by Gasteiger charge is -2.16. The molecule has 0 saturated heterocycles. The van der Waals surface area contributed by atoms with Crippen LogP contribution < -0.4 is 0 Å². The number of carbonyl (C=O) groups excluding carboxylic acids is 1. The van der Waals surface area contributed by atoms with Crippen LogP contribution in [0.15, 0.2) is 30.3 Å². The van der Waals surface area contributed by atoms with Crippen LogP contribution in [0.1, 0.15) is 109 Å². The number of rotatable bonds is 21. The Kier molecular flexibility index (Phi) is 17.4. The number of aliphatic carboxylic acids is 1. The summed E-state index contributed by atoms with van der Waals surface area (Å²) in [6.07, 6.45) is 15.7. The third kappa shape index (κ3) is 17.8. The summed E-state index contributed by atoms with van der Waals surface area (Å²) in [6, 6.07) is 10.3. The van der Waals surface area contributed by atoms with Gasteiger partial charge in [-0.1, -0.05) is 88.1 Å². The standard InChI is InChI=1S/C27H44O5/c1-24(28)32-26(20-16-21-27(29)30)19-14-9-7-5-3-2-4-6-8-10-15-22-31-23-25-17-12-11-13-18-25/h11-13,17-18,26H,2-10,14-16,19-23H2,1H3,(H,29,30). The van der Waals surface area contributed by atoms with Crippen LogP contribution in [0.25, 0.3) is 0 Å². The maximum atomic E-state index is 11.2. The molecule has 1 aromatic carbocycles. The van der Waals surface area contributed by atoms with Crippen LogP contribution in [-0.4, -0.2) is 29.8 Å². The van der Waals surface area contributed by atoms with Crippen molar-refractivity contribution < 1.29 is 24.2 Å². The highest BCUT2D eigenvalue weighted by molar-refractivity contribution is 5.67. The monoisotopic (exact) mass is 448 g/mol. The Bertz CT molecular complexity index is 587. The highest BCUT2D eigenvalue weighted by Crippen LogP contribution is 2.16. The summed E-state index contributed by atoms with van der Waals surface area (Å²) >= 11 is 0. The molecule has 32 heavy (non-hydrogen) atoms. The molecule has 0 aromatic heterocycles. The van der Waals surface area contributed by atoms with Gasteiger partial charge in [-0.15, -0.1) is 0 Å². The minimum Gasteiger partial charge on any atom is -0.481 e. The van der Waals surface area contributed by atoms with E-state index in [9.17, 15) is 9.59 Å². The number of carbonyl (C=O) groups is 2. The van der Waals surface area contributed by atoms with E-state index >= 15 is 0 Å². The Labute approximate surface area is 194 Å². The first kappa shape index (κ1) is 28.2. The molecule has 5 heteroatoms. The van der Waals surface area contributed by atoms with Crippen molar-refractivity contribution in [2.24, 2.45) is 0 Å². The lowest BCUT2D eigenvalue weighted by atomic mass is 10.0. The fourth-order valence-corrected chi connectivity index (χ4v) is 3.91. The number of hydrogen-bond acceptors (Lipinski definition) is 4. The highest BCUT2D eigenvalue weighted by Gasteiger charge is 2.12. The second-order valence-electron chi connectivity index (χ2n) is 8.73. The van der Waals surface area contributed by atoms with E-state index in [1.807, 2.05) is 18.2 Å². The van der Waals surface area contributed by atoms with E-state index in [1.165, 1.54) is 63.9 Å². The third-order valence-electron chi connectivity index (χ3n) is 5.68. The highest BCUT2D eigenvalue weighted by atomic mass is 16.5. The molecular formula is C27H44O5. The summed E-state index contributed by atoms with van der Waals surface area (Å²) in [4.78, 5) is 21.8. The molecule has 0 aliphatic rings. The fourth-order valence-electron chi connectivity index (χ4n) is 3.91. The van der Waals surface area contributed by atoms with Crippen molar-refractivity contribution in [3.8, 4) is 0 Å². The SMILES string of the molecule is CC(=O)OC(CCCCCCCCCCCCCOCc1ccccc1)CCCC(=O)O. The number of ether oxygens (including phenoxy) is 2. The minimum absolute atomic E-state index is 0.129. The minimum atomic E-state index is -0.792. The first-order valence-corrected chi connectivity index (χ1v) is 12.6. The zero-order chi connectivity index (χ0) is 23.3. The Morgan fingerprint density at radius 2 is 1.31 bits per heavy atom. The molecule has 1 atom stereocenters. The van der Waals surface area contributed by atoms with Gasteiger partial charge in [0.15, 0.2) is 0 Å². The molecule has 1 rings (SSSR count). The summed E-state index contributed by atoms with van der Waals surface area (Å²) in [6.45, 7) is 2.99. The molecule has 0 saturated carbocycles. The maximum absolute atomic E-state index is 11.2. The lowest BCUT2D eigenvalue weighted by Crippen LogP contribution is -2.16. The quantitative estimate of drug-likeness (QED) is 0.161. The van der Waals surface area contributed by atoms with Crippen molar-refractivity contribution in [1.82, 2.24) is 0 Å². The number of unbranched alkanes of at least 4 members (excludes halogenated alkanes) is 10. The van der Waals surface area contributed by atoms with E-state index in [4.69, 9.17) is 14.6 Å². The first-order chi connectivity index (χ1) is 15.6. The predicted octanol–water partition coefficient (Wildman–Crippen LogP) is 7.07. The topological polar surface area (TPSA) is 72.8 Å². The smallest absolute Gasteiger partial charge is 0.303 e. The summed E-state index contributed by atoms with van der Waals surface area (Å²) in [5, 5.41) is 8.74. The van der Waals surface area contributed by atoms with Gasteiger partial charge in [-0.2, -0.15) is 0 Å². The molecule has 0 radical (unpaired) electrons. The summed E-state index contributed by atoms with van der Waals surface area (Å²) in [5.41, 5.74) is 1.24. The molecule has 1 N–H and O–H groups in total. The second kappa shape index (κ2) is 19.8. The van der Waals surface area contributed by atoms with Gasteiger partial charge in [0.25, 0.3) is 0 Å². The van der Waals surface area contributed by atoms with Crippen molar-refractivity contribution in [1.29, 1.82) is 0 Å². The molecule has 1 aromatic rings. The Balaban J connectivity index is 1.85. The van der Waals surface area contributed by atoms with Crippen molar-refractivity contribution >= 4 is 11.9 Å². The summed E-state index contributed by atoms with van der Waals surface area (Å²) in [5.74, 6) is -1.07. The van der Waals surface area contributed by atoms with Crippen LogP contribution in [0, 0.1) is 0 Å². The fraction of sp³-hybridized carbons (Fsp3) is 0.704. The lowest BCUT2D eigenvalue weighted by molar-refractivity contribution is -0.147. The summed E-state index contributed by atoms with van der Waals surface area (Å²) in [7, 11) is 0. The van der Waals surface area contributed by atoms with Crippen molar-refractivity contribution in [3.63, 3.8) is 0 Å². The Hall–Kier alpha value is -1.88. The average molecular weight is 449 g/mol. The van der Waals surface area contributed by atoms with E-state index < -0.39 is 5.97 Å². The van der Waals surface area contributed by atoms with Gasteiger partial charge < -0.3 is 14.6 Å². The predicted molar refractivity (Wildman–Crippen MR) is 129 cm³/mol. The van der Waals surface area contributed by atoms with Gasteiger partial charge in [-0.3, -0.25) is 9.59 Å². The zero-order valence-corrected chi connectivity index (χ0v) is 20.1. The number of benzene rings is 1. The van der Waals surface area contributed by atoms with E-state index in [0.29, 0.717) is 12.8 Å². The van der Waals surface area contributed by atoms with Gasteiger partial charge in [0.1, 0.15) is 6.10 Å². The molecule has 0 amide bonds. The second-order valence-corrected chi connectivity index (χ2v) is 8.73. The Morgan fingerprint density at radius 3 is 1.88 bits per heavy atom. The summed E-state index contributed by atoms with van der Waals surface area (Å²) < 4.78 is 11.1.